The van der Waals surface area contributed by atoms with E-state index in [1.165, 1.54) is 5.56 Å². The van der Waals surface area contributed by atoms with Crippen molar-refractivity contribution in [2.45, 2.75) is 44.4 Å². The lowest BCUT2D eigenvalue weighted by Gasteiger charge is -2.19. The van der Waals surface area contributed by atoms with Crippen molar-refractivity contribution in [2.24, 2.45) is 0 Å². The maximum Gasteiger partial charge on any atom is 0.163 e. The molecule has 1 N–H and O–H groups in total. The first-order chi connectivity index (χ1) is 12.8. The highest BCUT2D eigenvalue weighted by Gasteiger charge is 2.25. The van der Waals surface area contributed by atoms with Gasteiger partial charge in [-0.1, -0.05) is 45.0 Å². The molecule has 3 rings (SSSR count). The highest BCUT2D eigenvalue weighted by Crippen LogP contribution is 2.22. The van der Waals surface area contributed by atoms with Gasteiger partial charge in [-0.2, -0.15) is 5.26 Å². The number of hydrogen-bond donors (Lipinski definition) is 1. The average Bonchev–Trinajstić information content (AvgIpc) is 3.09. The topological polar surface area (TPSA) is 81.9 Å². The Hall–Kier alpha value is -2.30. The predicted molar refractivity (Wildman–Crippen MR) is 107 cm³/mol. The Labute approximate surface area is 163 Å². The van der Waals surface area contributed by atoms with E-state index >= 15 is 0 Å². The Bertz CT molecular complexity index is 837. The van der Waals surface area contributed by atoms with Crippen LogP contribution in [-0.4, -0.2) is 33.5 Å². The molecule has 7 heteroatoms. The fraction of sp³-hybridized carbons (Fsp3) is 0.450. The summed E-state index contributed by atoms with van der Waals surface area (Å²) in [4.78, 5) is 2.10. The third-order valence-corrected chi connectivity index (χ3v) is 5.88. The van der Waals surface area contributed by atoms with Gasteiger partial charge in [-0.3, -0.25) is 0 Å². The van der Waals surface area contributed by atoms with Crippen molar-refractivity contribution in [3.63, 3.8) is 0 Å². The summed E-state index contributed by atoms with van der Waals surface area (Å²) in [5.74, 6) is 1.25. The highest BCUT2D eigenvalue weighted by atomic mass is 32.2. The maximum atomic E-state index is 12.5. The lowest BCUT2D eigenvalue weighted by Crippen LogP contribution is -2.34. The first kappa shape index (κ1) is 19.5. The molecule has 1 aliphatic heterocycles. The van der Waals surface area contributed by atoms with Gasteiger partial charge in [0.2, 0.25) is 0 Å². The molecule has 2 heterocycles. The average molecular weight is 384 g/mol. The fourth-order valence-corrected chi connectivity index (χ4v) is 4.24. The first-order valence-corrected chi connectivity index (χ1v) is 10.4. The Morgan fingerprint density at radius 1 is 1.22 bits per heavy atom. The number of nitriles is 1. The number of anilines is 1. The van der Waals surface area contributed by atoms with E-state index in [4.69, 9.17) is 5.26 Å². The minimum Gasteiger partial charge on any atom is -0.353 e. The van der Waals surface area contributed by atoms with Crippen molar-refractivity contribution in [2.75, 3.05) is 18.0 Å². The first-order valence-electron chi connectivity index (χ1n) is 9.08. The van der Waals surface area contributed by atoms with Gasteiger partial charge in [-0.15, -0.1) is 10.2 Å². The standard InChI is InChI=1S/C20H25N5OS/c1-20(2,3)16-6-4-15(5-7-16)14-27(26)24-18-10-11-25(13-18)19-9-8-17(12-21)22-23-19/h4-9,18,24H,10-11,13-14H2,1-3H3. The number of hydrogen-bond acceptors (Lipinski definition) is 5. The molecule has 0 bridgehead atoms. The summed E-state index contributed by atoms with van der Waals surface area (Å²) in [6.07, 6.45) is 0.899. The van der Waals surface area contributed by atoms with E-state index in [2.05, 4.69) is 64.9 Å². The predicted octanol–water partition coefficient (Wildman–Crippen LogP) is 2.68. The fourth-order valence-electron chi connectivity index (χ4n) is 3.10. The van der Waals surface area contributed by atoms with Gasteiger partial charge < -0.3 is 4.90 Å². The number of aromatic nitrogens is 2. The van der Waals surface area contributed by atoms with E-state index in [1.54, 1.807) is 6.07 Å². The Balaban J connectivity index is 1.52. The molecule has 0 spiro atoms. The van der Waals surface area contributed by atoms with Crippen LogP contribution in [0.4, 0.5) is 5.82 Å². The molecule has 1 saturated heterocycles. The SMILES string of the molecule is CC(C)(C)c1ccc(CS(=O)NC2CCN(c3ccc(C#N)nn3)C2)cc1. The molecule has 142 valence electrons. The second kappa shape index (κ2) is 8.15. The molecule has 1 aromatic carbocycles. The summed E-state index contributed by atoms with van der Waals surface area (Å²) in [5.41, 5.74) is 2.78. The number of benzene rings is 1. The van der Waals surface area contributed by atoms with E-state index in [0.717, 1.165) is 30.9 Å². The van der Waals surface area contributed by atoms with E-state index in [0.29, 0.717) is 11.4 Å². The lowest BCUT2D eigenvalue weighted by molar-refractivity contribution is 0.590. The molecule has 0 aliphatic carbocycles. The van der Waals surface area contributed by atoms with Crippen LogP contribution >= 0.6 is 0 Å². The van der Waals surface area contributed by atoms with Crippen LogP contribution in [0.1, 0.15) is 44.0 Å². The molecular formula is C20H25N5OS. The molecule has 1 aromatic heterocycles. The summed E-state index contributed by atoms with van der Waals surface area (Å²) in [6.45, 7) is 8.12. The summed E-state index contributed by atoms with van der Waals surface area (Å²) in [5, 5.41) is 16.8. The zero-order valence-electron chi connectivity index (χ0n) is 16.0. The summed E-state index contributed by atoms with van der Waals surface area (Å²) in [6, 6.07) is 14.0. The van der Waals surface area contributed by atoms with E-state index in [-0.39, 0.29) is 11.5 Å². The Kier molecular flexibility index (Phi) is 5.88. The van der Waals surface area contributed by atoms with Crippen LogP contribution in [0.25, 0.3) is 0 Å². The molecular weight excluding hydrogens is 358 g/mol. The Morgan fingerprint density at radius 2 is 1.96 bits per heavy atom. The van der Waals surface area contributed by atoms with Crippen molar-refractivity contribution in [3.8, 4) is 6.07 Å². The molecule has 0 radical (unpaired) electrons. The van der Waals surface area contributed by atoms with Crippen molar-refractivity contribution in [3.05, 3.63) is 53.2 Å². The molecule has 6 nitrogen and oxygen atoms in total. The normalized spacial score (nSPS) is 18.3. The van der Waals surface area contributed by atoms with Gasteiger partial charge in [0.25, 0.3) is 0 Å². The molecule has 1 aliphatic rings. The van der Waals surface area contributed by atoms with Crippen LogP contribution in [0, 0.1) is 11.3 Å². The number of nitrogens with one attached hydrogen (secondary N) is 1. The molecule has 2 unspecified atom stereocenters. The second-order valence-electron chi connectivity index (χ2n) is 7.87. The molecule has 2 atom stereocenters. The van der Waals surface area contributed by atoms with Crippen LogP contribution < -0.4 is 9.62 Å². The summed E-state index contributed by atoms with van der Waals surface area (Å²) < 4.78 is 15.7. The molecule has 27 heavy (non-hydrogen) atoms. The van der Waals surface area contributed by atoms with Gasteiger partial charge in [-0.05, 0) is 35.1 Å². The smallest absolute Gasteiger partial charge is 0.163 e. The van der Waals surface area contributed by atoms with Gasteiger partial charge in [0, 0.05) is 19.1 Å². The molecule has 0 saturated carbocycles. The minimum absolute atomic E-state index is 0.123. The van der Waals surface area contributed by atoms with Crippen molar-refractivity contribution >= 4 is 16.8 Å². The van der Waals surface area contributed by atoms with E-state index < -0.39 is 11.0 Å². The maximum absolute atomic E-state index is 12.5. The molecule has 0 amide bonds. The summed E-state index contributed by atoms with van der Waals surface area (Å²) in [7, 11) is -1.12. The van der Waals surface area contributed by atoms with Crippen LogP contribution in [0.5, 0.6) is 0 Å². The molecule has 1 fully saturated rings. The molecule has 2 aromatic rings. The van der Waals surface area contributed by atoms with Gasteiger partial charge in [-0.25, -0.2) is 8.93 Å². The monoisotopic (exact) mass is 383 g/mol. The Morgan fingerprint density at radius 3 is 2.56 bits per heavy atom. The van der Waals surface area contributed by atoms with Gasteiger partial charge in [0.05, 0.1) is 16.7 Å². The van der Waals surface area contributed by atoms with Crippen LogP contribution in [0.3, 0.4) is 0 Å². The highest BCUT2D eigenvalue weighted by molar-refractivity contribution is 7.82. The number of nitrogens with zero attached hydrogens (tertiary/aromatic N) is 4. The summed E-state index contributed by atoms with van der Waals surface area (Å²) >= 11 is 0. The van der Waals surface area contributed by atoms with Crippen molar-refractivity contribution in [1.29, 1.82) is 5.26 Å². The lowest BCUT2D eigenvalue weighted by atomic mass is 9.87. The van der Waals surface area contributed by atoms with Crippen LogP contribution in [0.15, 0.2) is 36.4 Å². The van der Waals surface area contributed by atoms with Gasteiger partial charge in [0.15, 0.2) is 11.5 Å². The van der Waals surface area contributed by atoms with Crippen molar-refractivity contribution < 1.29 is 4.21 Å². The third kappa shape index (κ3) is 5.12. The second-order valence-corrected chi connectivity index (χ2v) is 9.09. The minimum atomic E-state index is -1.12. The zero-order valence-corrected chi connectivity index (χ0v) is 16.8. The quantitative estimate of drug-likeness (QED) is 0.858. The largest absolute Gasteiger partial charge is 0.353 e. The zero-order chi connectivity index (χ0) is 19.4. The van der Waals surface area contributed by atoms with Gasteiger partial charge in [0.1, 0.15) is 6.07 Å². The van der Waals surface area contributed by atoms with Crippen LogP contribution in [0.2, 0.25) is 0 Å². The van der Waals surface area contributed by atoms with E-state index in [1.807, 2.05) is 12.1 Å². The van der Waals surface area contributed by atoms with E-state index in [9.17, 15) is 4.21 Å². The van der Waals surface area contributed by atoms with Crippen molar-refractivity contribution in [1.82, 2.24) is 14.9 Å². The third-order valence-electron chi connectivity index (χ3n) is 4.69. The number of rotatable bonds is 5. The van der Waals surface area contributed by atoms with Crippen LogP contribution in [-0.2, 0) is 22.2 Å². The van der Waals surface area contributed by atoms with Gasteiger partial charge >= 0.3 is 0 Å².